The van der Waals surface area contributed by atoms with Crippen LogP contribution in [-0.4, -0.2) is 75.2 Å². The molecule has 0 aliphatic carbocycles. The van der Waals surface area contributed by atoms with Gasteiger partial charge in [-0.2, -0.15) is 0 Å². The third-order valence-electron chi connectivity index (χ3n) is 8.82. The highest BCUT2D eigenvalue weighted by atomic mass is 32.2. The predicted molar refractivity (Wildman–Crippen MR) is 157 cm³/mol. The summed E-state index contributed by atoms with van der Waals surface area (Å²) in [5.41, 5.74) is 2.44. The van der Waals surface area contributed by atoms with Crippen molar-refractivity contribution in [3.63, 3.8) is 0 Å². The van der Waals surface area contributed by atoms with E-state index >= 15 is 0 Å². The van der Waals surface area contributed by atoms with Crippen LogP contribution in [0, 0.1) is 11.8 Å². The summed E-state index contributed by atoms with van der Waals surface area (Å²) in [5.74, 6) is -3.32. The Morgan fingerprint density at radius 2 is 1.77 bits per heavy atom. The molecule has 6 atom stereocenters. The molecule has 0 radical (unpaired) electrons. The van der Waals surface area contributed by atoms with Crippen LogP contribution in [-0.2, 0) is 14.4 Å². The van der Waals surface area contributed by atoms with Crippen molar-refractivity contribution in [2.45, 2.75) is 48.8 Å². The lowest BCUT2D eigenvalue weighted by molar-refractivity contribution is -0.149. The number of aliphatic carboxylic acids is 1. The lowest BCUT2D eigenvalue weighted by Crippen LogP contribution is -2.56. The number of carbonyl (C=O) groups excluding carboxylic acids is 2. The monoisotopic (exact) mass is 563 g/mol. The average Bonchev–Trinajstić information content (AvgIpc) is 3.61. The summed E-state index contributed by atoms with van der Waals surface area (Å²) >= 11 is 1.49. The summed E-state index contributed by atoms with van der Waals surface area (Å²) in [7, 11) is 0. The molecule has 8 nitrogen and oxygen atoms in total. The number of fused-ring (bicyclic) bond motifs is 1. The van der Waals surface area contributed by atoms with Crippen LogP contribution in [0.25, 0.3) is 0 Å². The zero-order chi connectivity index (χ0) is 28.6. The van der Waals surface area contributed by atoms with Gasteiger partial charge in [-0.05, 0) is 56.5 Å². The number of likely N-dealkylation sites (tertiary alicyclic amines) is 1. The Kier molecular flexibility index (Phi) is 7.97. The Labute approximate surface area is 239 Å². The lowest BCUT2D eigenvalue weighted by atomic mass is 9.71. The highest BCUT2D eigenvalue weighted by Crippen LogP contribution is 2.67. The van der Waals surface area contributed by atoms with Crippen molar-refractivity contribution in [2.24, 2.45) is 11.8 Å². The van der Waals surface area contributed by atoms with E-state index in [0.29, 0.717) is 24.1 Å². The van der Waals surface area contributed by atoms with Gasteiger partial charge in [0.2, 0.25) is 5.91 Å². The molecule has 3 aliphatic rings. The molecule has 2 bridgehead atoms. The van der Waals surface area contributed by atoms with Gasteiger partial charge in [-0.15, -0.1) is 18.3 Å². The van der Waals surface area contributed by atoms with Crippen molar-refractivity contribution in [1.29, 1.82) is 0 Å². The van der Waals surface area contributed by atoms with Gasteiger partial charge in [0.25, 0.3) is 5.91 Å². The third kappa shape index (κ3) is 4.39. The molecule has 3 saturated heterocycles. The normalized spacial score (nSPS) is 27.4. The molecule has 2 aromatic carbocycles. The Morgan fingerprint density at radius 3 is 2.35 bits per heavy atom. The first kappa shape index (κ1) is 28.2. The number of aliphatic hydroxyl groups is 1. The van der Waals surface area contributed by atoms with Crippen LogP contribution in [0.5, 0.6) is 0 Å². The number of benzene rings is 2. The molecule has 3 fully saturated rings. The Balaban J connectivity index is 1.60. The van der Waals surface area contributed by atoms with Crippen molar-refractivity contribution in [1.82, 2.24) is 4.90 Å². The highest BCUT2D eigenvalue weighted by molar-refractivity contribution is 8.02. The van der Waals surface area contributed by atoms with Gasteiger partial charge in [-0.3, -0.25) is 14.4 Å². The van der Waals surface area contributed by atoms with Gasteiger partial charge >= 0.3 is 5.97 Å². The first-order valence-corrected chi connectivity index (χ1v) is 14.9. The van der Waals surface area contributed by atoms with E-state index < -0.39 is 34.6 Å². The smallest absolute Gasteiger partial charge is 0.308 e. The lowest BCUT2D eigenvalue weighted by Gasteiger charge is -2.39. The van der Waals surface area contributed by atoms with Crippen LogP contribution < -0.4 is 9.80 Å². The Morgan fingerprint density at radius 1 is 1.12 bits per heavy atom. The van der Waals surface area contributed by atoms with E-state index in [1.54, 1.807) is 11.0 Å². The second-order valence-corrected chi connectivity index (χ2v) is 12.3. The first-order valence-electron chi connectivity index (χ1n) is 14.0. The van der Waals surface area contributed by atoms with E-state index in [1.807, 2.05) is 54.6 Å². The number of hydrogen-bond donors (Lipinski definition) is 2. The van der Waals surface area contributed by atoms with Crippen LogP contribution in [0.1, 0.15) is 38.3 Å². The highest BCUT2D eigenvalue weighted by Gasteiger charge is 2.74. The number of nitrogens with zero attached hydrogens (tertiary/aromatic N) is 3. The summed E-state index contributed by atoms with van der Waals surface area (Å²) in [6.45, 7) is 9.64. The summed E-state index contributed by atoms with van der Waals surface area (Å²) in [6, 6.07) is 15.3. The Bertz CT molecular complexity index is 1270. The third-order valence-corrected chi connectivity index (χ3v) is 10.8. The van der Waals surface area contributed by atoms with E-state index in [2.05, 4.69) is 25.3 Å². The molecule has 2 aromatic rings. The van der Waals surface area contributed by atoms with Crippen LogP contribution in [0.4, 0.5) is 11.4 Å². The van der Waals surface area contributed by atoms with Gasteiger partial charge in [0.1, 0.15) is 6.04 Å². The van der Waals surface area contributed by atoms with E-state index in [1.165, 1.54) is 16.7 Å². The molecule has 3 aliphatic heterocycles. The summed E-state index contributed by atoms with van der Waals surface area (Å²) in [4.78, 5) is 46.7. The molecule has 212 valence electrons. The first-order chi connectivity index (χ1) is 19.3. The second-order valence-electron chi connectivity index (χ2n) is 10.7. The van der Waals surface area contributed by atoms with Crippen molar-refractivity contribution in [3.8, 4) is 0 Å². The molecule has 0 aromatic heterocycles. The van der Waals surface area contributed by atoms with Gasteiger partial charge in [0.05, 0.1) is 29.2 Å². The number of amides is 2. The van der Waals surface area contributed by atoms with Gasteiger partial charge in [-0.1, -0.05) is 36.4 Å². The number of rotatable bonds is 11. The molecule has 2 amide bonds. The topological polar surface area (TPSA) is 101 Å². The molecule has 3 heterocycles. The van der Waals surface area contributed by atoms with Crippen molar-refractivity contribution >= 4 is 40.9 Å². The van der Waals surface area contributed by atoms with Gasteiger partial charge in [0.15, 0.2) is 0 Å². The molecule has 9 heteroatoms. The van der Waals surface area contributed by atoms with Crippen LogP contribution in [0.2, 0.25) is 0 Å². The molecule has 1 spiro atoms. The molecule has 2 unspecified atom stereocenters. The predicted octanol–water partition coefficient (Wildman–Crippen LogP) is 3.96. The Hall–Kier alpha value is -3.30. The minimum absolute atomic E-state index is 0.214. The number of aliphatic hydroxyl groups excluding tert-OH is 1. The standard InChI is InChI=1S/C31H37N3O5S/c1-4-18-33(22-14-12-21(13-15-22)32(5-2)6-3)29(37)27-31-17-16-24(40-31)25(30(38)39)26(31)28(36)34(27)23(19-35)20-10-8-7-9-11-20/h4,7-15,23-27,35H,1,5-6,16-19H2,2-3H3,(H,38,39)/t23-,24+,25-,26+,27?,31?/m1/s1. The number of carboxylic acids is 1. The molecular formula is C31H37N3O5S. The fourth-order valence-corrected chi connectivity index (χ4v) is 9.24. The molecular weight excluding hydrogens is 526 g/mol. The number of thioether (sulfide) groups is 1. The summed E-state index contributed by atoms with van der Waals surface area (Å²) < 4.78 is -0.870. The maximum absolute atomic E-state index is 14.7. The maximum atomic E-state index is 14.7. The molecule has 40 heavy (non-hydrogen) atoms. The maximum Gasteiger partial charge on any atom is 0.308 e. The quantitative estimate of drug-likeness (QED) is 0.399. The van der Waals surface area contributed by atoms with Crippen molar-refractivity contribution in [2.75, 3.05) is 36.0 Å². The summed E-state index contributed by atoms with van der Waals surface area (Å²) in [6.07, 6.45) is 2.87. The van der Waals surface area contributed by atoms with Crippen molar-refractivity contribution < 1.29 is 24.6 Å². The number of anilines is 2. The molecule has 2 N–H and O–H groups in total. The molecule has 0 saturated carbocycles. The van der Waals surface area contributed by atoms with Crippen molar-refractivity contribution in [3.05, 3.63) is 72.8 Å². The minimum Gasteiger partial charge on any atom is -0.481 e. The number of carbonyl (C=O) groups is 3. The van der Waals surface area contributed by atoms with Crippen LogP contribution >= 0.6 is 11.8 Å². The zero-order valence-corrected chi connectivity index (χ0v) is 23.8. The van der Waals surface area contributed by atoms with E-state index in [4.69, 9.17) is 0 Å². The number of carboxylic acid groups (broad SMARTS) is 1. The average molecular weight is 564 g/mol. The van der Waals surface area contributed by atoms with Crippen LogP contribution in [0.3, 0.4) is 0 Å². The SMILES string of the molecule is C=CCN(C(=O)C1N([C@H](CO)c2ccccc2)C(=O)[C@@H]2[C@H](C(=O)O)[C@@H]3CCC12S3)c1ccc(N(CC)CC)cc1. The fraction of sp³-hybridized carbons (Fsp3) is 0.452. The molecule has 5 rings (SSSR count). The van der Waals surface area contributed by atoms with Gasteiger partial charge < -0.3 is 24.9 Å². The fourth-order valence-electron chi connectivity index (χ4n) is 7.05. The summed E-state index contributed by atoms with van der Waals surface area (Å²) in [5, 5.41) is 20.5. The second kappa shape index (κ2) is 11.3. The van der Waals surface area contributed by atoms with E-state index in [-0.39, 0.29) is 30.2 Å². The minimum atomic E-state index is -0.999. The van der Waals surface area contributed by atoms with E-state index in [9.17, 15) is 24.6 Å². The van der Waals surface area contributed by atoms with Gasteiger partial charge in [-0.25, -0.2) is 0 Å². The number of hydrogen-bond acceptors (Lipinski definition) is 6. The van der Waals surface area contributed by atoms with E-state index in [0.717, 1.165) is 18.8 Å². The van der Waals surface area contributed by atoms with Crippen LogP contribution in [0.15, 0.2) is 67.3 Å². The zero-order valence-electron chi connectivity index (χ0n) is 23.0. The largest absolute Gasteiger partial charge is 0.481 e. The van der Waals surface area contributed by atoms with Gasteiger partial charge in [0, 0.05) is 36.3 Å².